The van der Waals surface area contributed by atoms with Gasteiger partial charge in [-0.1, -0.05) is 26.2 Å². The highest BCUT2D eigenvalue weighted by Crippen LogP contribution is 2.23. The van der Waals surface area contributed by atoms with Gasteiger partial charge in [0.05, 0.1) is 0 Å². The van der Waals surface area contributed by atoms with Crippen LogP contribution in [0, 0.1) is 0 Å². The van der Waals surface area contributed by atoms with Crippen LogP contribution in [0.1, 0.15) is 39.0 Å². The Balaban J connectivity index is 3.69. The van der Waals surface area contributed by atoms with Crippen molar-refractivity contribution in [3.8, 4) is 0 Å². The lowest BCUT2D eigenvalue weighted by molar-refractivity contribution is -0.212. The molecule has 0 amide bonds. The largest absolute Gasteiger partial charge is 0.417 e. The molecule has 5 heteroatoms. The molecule has 0 atom stereocenters. The minimum absolute atomic E-state index is 0.204. The summed E-state index contributed by atoms with van der Waals surface area (Å²) in [6, 6.07) is 0. The van der Waals surface area contributed by atoms with Crippen molar-refractivity contribution in [3.05, 3.63) is 0 Å². The van der Waals surface area contributed by atoms with Crippen molar-refractivity contribution in [1.82, 2.24) is 0 Å². The van der Waals surface area contributed by atoms with E-state index in [0.29, 0.717) is 6.42 Å². The molecule has 0 rings (SSSR count). The molecular weight excluding hydrogens is 185 g/mol. The first-order valence-electron chi connectivity index (χ1n) is 4.25. The summed E-state index contributed by atoms with van der Waals surface area (Å²) in [7, 11) is 0. The number of hydrogen-bond donors (Lipinski definition) is 0. The summed E-state index contributed by atoms with van der Waals surface area (Å²) in [5.41, 5.74) is 0. The molecule has 0 heterocycles. The molecule has 0 bridgehead atoms. The fourth-order valence-corrected chi connectivity index (χ4v) is 0.932. The van der Waals surface area contributed by atoms with E-state index in [1.165, 1.54) is 0 Å². The quantitative estimate of drug-likeness (QED) is 0.613. The number of carbonyl (C=O) groups excluding carboxylic acids is 1. The Labute approximate surface area is 75.0 Å². The highest BCUT2D eigenvalue weighted by molar-refractivity contribution is 5.76. The first kappa shape index (κ1) is 12.3. The molecule has 0 aliphatic rings. The van der Waals surface area contributed by atoms with Crippen LogP contribution in [0.15, 0.2) is 0 Å². The van der Waals surface area contributed by atoms with Gasteiger partial charge in [0, 0.05) is 10.9 Å². The number of alkyl halides is 2. The van der Waals surface area contributed by atoms with Crippen LogP contribution in [-0.2, 0) is 9.74 Å². The van der Waals surface area contributed by atoms with E-state index in [2.05, 4.69) is 4.94 Å². The maximum atomic E-state index is 12.5. The Hall–Kier alpha value is -0.740. The molecule has 13 heavy (non-hydrogen) atoms. The zero-order chi connectivity index (χ0) is 10.3. The molecule has 0 aromatic carbocycles. The Morgan fingerprint density at radius 1 is 1.31 bits per heavy atom. The summed E-state index contributed by atoms with van der Waals surface area (Å²) in [4.78, 5) is 12.6. The number of halogens is 3. The van der Waals surface area contributed by atoms with Crippen LogP contribution in [-0.4, -0.2) is 11.9 Å². The molecule has 2 nitrogen and oxygen atoms in total. The predicted molar refractivity (Wildman–Crippen MR) is 40.9 cm³/mol. The summed E-state index contributed by atoms with van der Waals surface area (Å²) in [6.45, 7) is 1.94. The van der Waals surface area contributed by atoms with E-state index < -0.39 is 18.3 Å². The van der Waals surface area contributed by atoms with Crippen molar-refractivity contribution in [1.29, 1.82) is 0 Å². The topological polar surface area (TPSA) is 26.3 Å². The number of carbonyl (C=O) groups is 1. The molecule has 0 radical (unpaired) electrons. The third-order valence-corrected chi connectivity index (χ3v) is 1.71. The predicted octanol–water partition coefficient (Wildman–Crippen LogP) is 3.02. The van der Waals surface area contributed by atoms with Crippen LogP contribution in [0.4, 0.5) is 13.3 Å². The molecule has 0 aromatic heterocycles. The van der Waals surface area contributed by atoms with E-state index in [-0.39, 0.29) is 6.42 Å². The first-order valence-corrected chi connectivity index (χ1v) is 4.25. The molecule has 0 saturated heterocycles. The lowest BCUT2D eigenvalue weighted by Crippen LogP contribution is -2.28. The minimum atomic E-state index is -3.68. The highest BCUT2D eigenvalue weighted by Gasteiger charge is 2.40. The van der Waals surface area contributed by atoms with Gasteiger partial charge in [-0.25, -0.2) is 9.74 Å². The molecule has 0 aromatic rings. The van der Waals surface area contributed by atoms with Gasteiger partial charge in [-0.3, -0.25) is 0 Å². The minimum Gasteiger partial charge on any atom is -0.248 e. The van der Waals surface area contributed by atoms with Crippen LogP contribution < -0.4 is 0 Å². The van der Waals surface area contributed by atoms with Crippen molar-refractivity contribution in [2.45, 2.75) is 45.0 Å². The fourth-order valence-electron chi connectivity index (χ4n) is 0.932. The molecule has 0 aliphatic heterocycles. The SMILES string of the molecule is CCCCCCC(F)(F)C(=O)OF. The standard InChI is InChI=1S/C8H13F3O2/c1-2-3-4-5-6-8(9,10)7(12)13-11/h2-6H2,1H3. The lowest BCUT2D eigenvalue weighted by atomic mass is 10.1. The van der Waals surface area contributed by atoms with Crippen LogP contribution >= 0.6 is 0 Å². The van der Waals surface area contributed by atoms with Gasteiger partial charge in [-0.2, -0.15) is 8.78 Å². The molecule has 78 valence electrons. The van der Waals surface area contributed by atoms with Crippen molar-refractivity contribution < 1.29 is 23.0 Å². The van der Waals surface area contributed by atoms with E-state index in [0.717, 1.165) is 12.8 Å². The normalized spacial score (nSPS) is 11.4. The van der Waals surface area contributed by atoms with E-state index in [4.69, 9.17) is 0 Å². The lowest BCUT2D eigenvalue weighted by Gasteiger charge is -2.10. The third kappa shape index (κ3) is 4.75. The zero-order valence-corrected chi connectivity index (χ0v) is 7.49. The first-order chi connectivity index (χ1) is 6.04. The maximum absolute atomic E-state index is 12.5. The Bertz CT molecular complexity index is 159. The van der Waals surface area contributed by atoms with Gasteiger partial charge in [0.25, 0.3) is 0 Å². The summed E-state index contributed by atoms with van der Waals surface area (Å²) in [5, 5.41) is 0. The van der Waals surface area contributed by atoms with Gasteiger partial charge in [-0.05, 0) is 6.42 Å². The fraction of sp³-hybridized carbons (Fsp3) is 0.875. The van der Waals surface area contributed by atoms with Crippen LogP contribution in [0.2, 0.25) is 0 Å². The Kier molecular flexibility index (Phi) is 5.50. The molecule has 0 saturated carbocycles. The molecule has 0 spiro atoms. The van der Waals surface area contributed by atoms with Crippen LogP contribution in [0.5, 0.6) is 0 Å². The number of unbranched alkanes of at least 4 members (excludes halogenated alkanes) is 3. The van der Waals surface area contributed by atoms with Crippen molar-refractivity contribution in [2.24, 2.45) is 0 Å². The second kappa shape index (κ2) is 5.83. The molecule has 0 N–H and O–H groups in total. The summed E-state index contributed by atoms with van der Waals surface area (Å²) in [5.74, 6) is -5.77. The van der Waals surface area contributed by atoms with Gasteiger partial charge < -0.3 is 0 Å². The van der Waals surface area contributed by atoms with E-state index >= 15 is 0 Å². The molecular formula is C8H13F3O2. The summed E-state index contributed by atoms with van der Waals surface area (Å²) >= 11 is 0. The van der Waals surface area contributed by atoms with Crippen LogP contribution in [0.25, 0.3) is 0 Å². The molecule has 0 aliphatic carbocycles. The number of rotatable bonds is 6. The second-order valence-corrected chi connectivity index (χ2v) is 2.88. The zero-order valence-electron chi connectivity index (χ0n) is 7.49. The summed E-state index contributed by atoms with van der Waals surface area (Å²) < 4.78 is 36.2. The van der Waals surface area contributed by atoms with E-state index in [9.17, 15) is 18.1 Å². The van der Waals surface area contributed by atoms with Gasteiger partial charge in [0.1, 0.15) is 0 Å². The summed E-state index contributed by atoms with van der Waals surface area (Å²) in [6.07, 6.45) is 1.93. The average Bonchev–Trinajstić information content (AvgIpc) is 2.11. The van der Waals surface area contributed by atoms with Crippen molar-refractivity contribution in [2.75, 3.05) is 0 Å². The van der Waals surface area contributed by atoms with E-state index in [1.54, 1.807) is 0 Å². The van der Waals surface area contributed by atoms with Crippen LogP contribution in [0.3, 0.4) is 0 Å². The van der Waals surface area contributed by atoms with Gasteiger partial charge in [0.2, 0.25) is 0 Å². The Morgan fingerprint density at radius 2 is 1.92 bits per heavy atom. The van der Waals surface area contributed by atoms with Gasteiger partial charge in [0.15, 0.2) is 0 Å². The number of hydrogen-bond acceptors (Lipinski definition) is 2. The van der Waals surface area contributed by atoms with E-state index in [1.807, 2.05) is 6.92 Å². The second-order valence-electron chi connectivity index (χ2n) is 2.88. The highest BCUT2D eigenvalue weighted by atomic mass is 19.3. The third-order valence-electron chi connectivity index (χ3n) is 1.71. The average molecular weight is 198 g/mol. The smallest absolute Gasteiger partial charge is 0.248 e. The maximum Gasteiger partial charge on any atom is 0.417 e. The van der Waals surface area contributed by atoms with Crippen molar-refractivity contribution in [3.63, 3.8) is 0 Å². The Morgan fingerprint density at radius 3 is 2.38 bits per heavy atom. The van der Waals surface area contributed by atoms with Gasteiger partial charge >= 0.3 is 11.9 Å². The molecule has 0 fully saturated rings. The molecule has 0 unspecified atom stereocenters. The monoisotopic (exact) mass is 198 g/mol. The van der Waals surface area contributed by atoms with Gasteiger partial charge in [-0.15, -0.1) is 0 Å². The van der Waals surface area contributed by atoms with Crippen molar-refractivity contribution >= 4 is 5.97 Å².